The number of unbranched alkanes of at least 4 members (excludes halogenated alkanes) is 9. The second-order valence-electron chi connectivity index (χ2n) is 5.94. The van der Waals surface area contributed by atoms with E-state index in [0.29, 0.717) is 6.61 Å². The average molecular weight is 287 g/mol. The number of ether oxygens (including phenoxy) is 1. The fraction of sp³-hybridized carbons (Fsp3) is 1.00. The van der Waals surface area contributed by atoms with Crippen LogP contribution in [0, 0.1) is 0 Å². The van der Waals surface area contributed by atoms with Gasteiger partial charge in [0.2, 0.25) is 0 Å². The van der Waals surface area contributed by atoms with Crippen LogP contribution in [0.4, 0.5) is 0 Å². The Kier molecular flexibility index (Phi) is 15.3. The molecular formula is C18H38O2. The van der Waals surface area contributed by atoms with E-state index in [1.54, 1.807) is 0 Å². The lowest BCUT2D eigenvalue weighted by molar-refractivity contribution is -0.0380. The summed E-state index contributed by atoms with van der Waals surface area (Å²) in [4.78, 5) is 0. The first-order valence-corrected chi connectivity index (χ1v) is 9.05. The van der Waals surface area contributed by atoms with Gasteiger partial charge in [0.15, 0.2) is 0 Å². The predicted molar refractivity (Wildman–Crippen MR) is 88.2 cm³/mol. The van der Waals surface area contributed by atoms with Crippen LogP contribution < -0.4 is 0 Å². The smallest absolute Gasteiger partial charge is 0.0831 e. The Bertz CT molecular complexity index is 182. The van der Waals surface area contributed by atoms with Gasteiger partial charge >= 0.3 is 0 Å². The van der Waals surface area contributed by atoms with Crippen molar-refractivity contribution in [1.82, 2.24) is 0 Å². The Hall–Kier alpha value is -0.0800. The third kappa shape index (κ3) is 11.7. The quantitative estimate of drug-likeness (QED) is 0.404. The summed E-state index contributed by atoms with van der Waals surface area (Å²) in [5.74, 6) is 0. The third-order valence-corrected chi connectivity index (χ3v) is 4.07. The second kappa shape index (κ2) is 15.3. The lowest BCUT2D eigenvalue weighted by Crippen LogP contribution is -2.28. The van der Waals surface area contributed by atoms with E-state index in [0.717, 1.165) is 19.3 Å². The van der Waals surface area contributed by atoms with E-state index in [1.165, 1.54) is 57.8 Å². The molecule has 0 amide bonds. The summed E-state index contributed by atoms with van der Waals surface area (Å²) in [6.07, 6.45) is 15.0. The molecule has 1 N–H and O–H groups in total. The van der Waals surface area contributed by atoms with Crippen molar-refractivity contribution in [2.75, 3.05) is 6.61 Å². The highest BCUT2D eigenvalue weighted by molar-refractivity contribution is 4.67. The first kappa shape index (κ1) is 19.9. The molecule has 122 valence electrons. The van der Waals surface area contributed by atoms with Crippen LogP contribution in [-0.2, 0) is 4.74 Å². The van der Waals surface area contributed by atoms with Gasteiger partial charge in [-0.05, 0) is 19.8 Å². The molecule has 2 atom stereocenters. The first-order chi connectivity index (χ1) is 9.76. The minimum Gasteiger partial charge on any atom is -0.390 e. The van der Waals surface area contributed by atoms with Crippen molar-refractivity contribution in [2.45, 2.75) is 110 Å². The van der Waals surface area contributed by atoms with Gasteiger partial charge in [-0.2, -0.15) is 0 Å². The molecule has 0 radical (unpaired) electrons. The molecule has 2 nitrogen and oxygen atoms in total. The lowest BCUT2D eigenvalue weighted by Gasteiger charge is -2.21. The van der Waals surface area contributed by atoms with E-state index < -0.39 is 0 Å². The van der Waals surface area contributed by atoms with Crippen LogP contribution in [0.2, 0.25) is 0 Å². The average Bonchev–Trinajstić information content (AvgIpc) is 2.46. The molecule has 2 unspecified atom stereocenters. The van der Waals surface area contributed by atoms with Gasteiger partial charge in [-0.25, -0.2) is 0 Å². The molecule has 0 aromatic rings. The molecule has 0 saturated heterocycles. The molecule has 0 bridgehead atoms. The van der Waals surface area contributed by atoms with Gasteiger partial charge in [0, 0.05) is 6.61 Å². The van der Waals surface area contributed by atoms with Gasteiger partial charge in [0.1, 0.15) is 0 Å². The Morgan fingerprint density at radius 1 is 0.750 bits per heavy atom. The second-order valence-corrected chi connectivity index (χ2v) is 5.94. The van der Waals surface area contributed by atoms with Gasteiger partial charge in [0.05, 0.1) is 12.2 Å². The van der Waals surface area contributed by atoms with Crippen LogP contribution in [0.1, 0.15) is 97.8 Å². The van der Waals surface area contributed by atoms with E-state index in [-0.39, 0.29) is 12.2 Å². The van der Waals surface area contributed by atoms with Gasteiger partial charge in [0.25, 0.3) is 0 Å². The normalized spacial score (nSPS) is 14.4. The molecule has 0 saturated carbocycles. The molecule has 0 rings (SSSR count). The predicted octanol–water partition coefficient (Wildman–Crippen LogP) is 5.47. The number of hydrogen-bond donors (Lipinski definition) is 1. The molecule has 0 spiro atoms. The van der Waals surface area contributed by atoms with E-state index in [1.807, 2.05) is 6.92 Å². The van der Waals surface area contributed by atoms with Crippen molar-refractivity contribution < 1.29 is 9.84 Å². The highest BCUT2D eigenvalue weighted by atomic mass is 16.5. The van der Waals surface area contributed by atoms with Gasteiger partial charge in [-0.15, -0.1) is 0 Å². The van der Waals surface area contributed by atoms with Crippen LogP contribution in [0.5, 0.6) is 0 Å². The first-order valence-electron chi connectivity index (χ1n) is 9.05. The zero-order valence-electron chi connectivity index (χ0n) is 14.2. The fourth-order valence-corrected chi connectivity index (χ4v) is 2.74. The zero-order valence-corrected chi connectivity index (χ0v) is 14.2. The minimum atomic E-state index is -0.269. The Balaban J connectivity index is 3.30. The SMILES string of the molecule is CCCCCCCCCCCCC(O)C(CC)OCC. The Morgan fingerprint density at radius 3 is 1.70 bits per heavy atom. The van der Waals surface area contributed by atoms with Crippen molar-refractivity contribution in [3.63, 3.8) is 0 Å². The van der Waals surface area contributed by atoms with E-state index in [9.17, 15) is 5.11 Å². The summed E-state index contributed by atoms with van der Waals surface area (Å²) >= 11 is 0. The molecule has 0 aliphatic carbocycles. The highest BCUT2D eigenvalue weighted by Crippen LogP contribution is 2.15. The van der Waals surface area contributed by atoms with E-state index in [4.69, 9.17) is 4.74 Å². The van der Waals surface area contributed by atoms with Crippen LogP contribution in [-0.4, -0.2) is 23.9 Å². The van der Waals surface area contributed by atoms with Gasteiger partial charge < -0.3 is 9.84 Å². The standard InChI is InChI=1S/C18H38O2/c1-4-7-8-9-10-11-12-13-14-15-16-17(19)18(5-2)20-6-3/h17-19H,4-16H2,1-3H3. The van der Waals surface area contributed by atoms with Crippen molar-refractivity contribution in [3.05, 3.63) is 0 Å². The monoisotopic (exact) mass is 286 g/mol. The van der Waals surface area contributed by atoms with Crippen LogP contribution in [0.25, 0.3) is 0 Å². The molecule has 0 aromatic carbocycles. The fourth-order valence-electron chi connectivity index (χ4n) is 2.74. The van der Waals surface area contributed by atoms with Crippen molar-refractivity contribution in [2.24, 2.45) is 0 Å². The summed E-state index contributed by atoms with van der Waals surface area (Å²) < 4.78 is 5.55. The largest absolute Gasteiger partial charge is 0.390 e. The van der Waals surface area contributed by atoms with Crippen molar-refractivity contribution in [3.8, 4) is 0 Å². The molecular weight excluding hydrogens is 248 g/mol. The number of aliphatic hydroxyl groups is 1. The summed E-state index contributed by atoms with van der Waals surface area (Å²) in [6.45, 7) is 7.05. The third-order valence-electron chi connectivity index (χ3n) is 4.07. The molecule has 0 aliphatic heterocycles. The van der Waals surface area contributed by atoms with Gasteiger partial charge in [-0.3, -0.25) is 0 Å². The van der Waals surface area contributed by atoms with Crippen molar-refractivity contribution in [1.29, 1.82) is 0 Å². The molecule has 0 aliphatic rings. The number of hydrogen-bond acceptors (Lipinski definition) is 2. The topological polar surface area (TPSA) is 29.5 Å². The summed E-state index contributed by atoms with van der Waals surface area (Å²) in [6, 6.07) is 0. The van der Waals surface area contributed by atoms with Crippen LogP contribution in [0.3, 0.4) is 0 Å². The molecule has 0 heterocycles. The molecule has 0 fully saturated rings. The summed E-state index contributed by atoms with van der Waals surface area (Å²) in [5.41, 5.74) is 0. The van der Waals surface area contributed by atoms with Crippen LogP contribution in [0.15, 0.2) is 0 Å². The maximum Gasteiger partial charge on any atom is 0.0831 e. The Labute approximate surface area is 127 Å². The minimum absolute atomic E-state index is 0.0403. The molecule has 20 heavy (non-hydrogen) atoms. The maximum atomic E-state index is 10.0. The molecule has 0 aromatic heterocycles. The molecule has 2 heteroatoms. The number of aliphatic hydroxyl groups excluding tert-OH is 1. The van der Waals surface area contributed by atoms with E-state index in [2.05, 4.69) is 13.8 Å². The lowest BCUT2D eigenvalue weighted by atomic mass is 10.0. The van der Waals surface area contributed by atoms with Gasteiger partial charge in [-0.1, -0.05) is 78.1 Å². The Morgan fingerprint density at radius 2 is 1.25 bits per heavy atom. The number of rotatable bonds is 15. The summed E-state index contributed by atoms with van der Waals surface area (Å²) in [7, 11) is 0. The zero-order chi connectivity index (χ0) is 15.1. The van der Waals surface area contributed by atoms with E-state index >= 15 is 0 Å². The highest BCUT2D eigenvalue weighted by Gasteiger charge is 2.16. The summed E-state index contributed by atoms with van der Waals surface area (Å²) in [5, 5.41) is 10.0. The maximum absolute atomic E-state index is 10.0. The van der Waals surface area contributed by atoms with Crippen LogP contribution >= 0.6 is 0 Å². The van der Waals surface area contributed by atoms with Crippen molar-refractivity contribution >= 4 is 0 Å².